The molecule has 3 rings (SSSR count). The summed E-state index contributed by atoms with van der Waals surface area (Å²) in [5.74, 6) is 0.984. The van der Waals surface area contributed by atoms with Crippen LogP contribution < -0.4 is 15.2 Å². The predicted octanol–water partition coefficient (Wildman–Crippen LogP) is 3.20. The topological polar surface area (TPSA) is 61.1 Å². The lowest BCUT2D eigenvalue weighted by Crippen LogP contribution is -2.40. The summed E-state index contributed by atoms with van der Waals surface area (Å²) < 4.78 is 2.19. The molecule has 0 radical (unpaired) electrons. The van der Waals surface area contributed by atoms with E-state index in [1.165, 1.54) is 5.69 Å². The molecule has 1 aliphatic heterocycles. The maximum Gasteiger partial charge on any atom is 0.296 e. The minimum atomic E-state index is -0.0234. The molecule has 7 heteroatoms. The largest absolute Gasteiger partial charge is 0.352 e. The number of nitrogens with one attached hydrogen (secondary N) is 2. The first kappa shape index (κ1) is 21.3. The lowest BCUT2D eigenvalue weighted by molar-refractivity contribution is -0.708. The summed E-state index contributed by atoms with van der Waals surface area (Å²) in [5.41, 5.74) is 3.85. The van der Waals surface area contributed by atoms with Crippen LogP contribution in [0, 0.1) is 13.8 Å². The highest BCUT2D eigenvalue weighted by Gasteiger charge is 2.20. The van der Waals surface area contributed by atoms with Gasteiger partial charge in [0.05, 0.1) is 17.3 Å². The first-order valence-corrected chi connectivity index (χ1v) is 10.8. The van der Waals surface area contributed by atoms with Crippen molar-refractivity contribution in [3.63, 3.8) is 0 Å². The molecule has 1 amide bonds. The highest BCUT2D eigenvalue weighted by atomic mass is 32.2. The van der Waals surface area contributed by atoms with Gasteiger partial charge in [0.15, 0.2) is 5.69 Å². The molecule has 1 aliphatic rings. The Morgan fingerprint density at radius 1 is 1.31 bits per heavy atom. The highest BCUT2D eigenvalue weighted by molar-refractivity contribution is 8.03. The number of carbonyl (C=O) groups excluding carboxylic acids is 1. The molecule has 0 saturated carbocycles. The van der Waals surface area contributed by atoms with Crippen molar-refractivity contribution in [3.05, 3.63) is 52.1 Å². The van der Waals surface area contributed by atoms with E-state index in [0.717, 1.165) is 46.6 Å². The predicted molar refractivity (Wildman–Crippen MR) is 119 cm³/mol. The van der Waals surface area contributed by atoms with Crippen molar-refractivity contribution in [2.24, 2.45) is 0 Å². The number of amides is 1. The number of aromatic nitrogens is 2. The Morgan fingerprint density at radius 3 is 2.79 bits per heavy atom. The van der Waals surface area contributed by atoms with Gasteiger partial charge in [-0.15, -0.1) is 0 Å². The van der Waals surface area contributed by atoms with Crippen LogP contribution in [-0.4, -0.2) is 43.0 Å². The van der Waals surface area contributed by atoms with Gasteiger partial charge in [-0.3, -0.25) is 4.79 Å². The molecule has 154 valence electrons. The van der Waals surface area contributed by atoms with Gasteiger partial charge in [0.2, 0.25) is 0 Å². The summed E-state index contributed by atoms with van der Waals surface area (Å²) in [6.07, 6.45) is 3.00. The first-order chi connectivity index (χ1) is 13.9. The molecule has 0 fully saturated rings. The number of fused-ring (bicyclic) bond motifs is 1. The second-order valence-electron chi connectivity index (χ2n) is 7.47. The van der Waals surface area contributed by atoms with Crippen LogP contribution in [0.2, 0.25) is 0 Å². The van der Waals surface area contributed by atoms with Crippen LogP contribution in [0.4, 0.5) is 5.69 Å². The number of nitrogens with zero attached hydrogens (tertiary/aromatic N) is 3. The molecule has 2 aromatic rings. The van der Waals surface area contributed by atoms with E-state index in [1.807, 2.05) is 39.2 Å². The molecule has 0 atom stereocenters. The second-order valence-corrected chi connectivity index (χ2v) is 8.56. The average molecular weight is 413 g/mol. The van der Waals surface area contributed by atoms with Crippen LogP contribution in [0.15, 0.2) is 34.2 Å². The lowest BCUT2D eigenvalue weighted by atomic mass is 10.2. The van der Waals surface area contributed by atoms with E-state index in [0.29, 0.717) is 12.1 Å². The lowest BCUT2D eigenvalue weighted by Gasteiger charge is -2.10. The fourth-order valence-corrected chi connectivity index (χ4v) is 4.40. The number of anilines is 1. The SMILES string of the molecule is CC[n+]1c(C)cc(/C=C2\Nc3ccc(C(=O)NCCCN(C)C)cc3S2)nc1C. The minimum absolute atomic E-state index is 0.0234. The van der Waals surface area contributed by atoms with Gasteiger partial charge in [0.25, 0.3) is 11.7 Å². The highest BCUT2D eigenvalue weighted by Crippen LogP contribution is 2.41. The molecule has 0 aliphatic carbocycles. The van der Waals surface area contributed by atoms with Gasteiger partial charge >= 0.3 is 0 Å². The van der Waals surface area contributed by atoms with Gasteiger partial charge < -0.3 is 15.5 Å². The molecule has 29 heavy (non-hydrogen) atoms. The third-order valence-corrected chi connectivity index (χ3v) is 5.85. The van der Waals surface area contributed by atoms with Crippen molar-refractivity contribution in [1.82, 2.24) is 15.2 Å². The molecule has 2 N–H and O–H groups in total. The van der Waals surface area contributed by atoms with Crippen molar-refractivity contribution in [2.45, 2.75) is 38.6 Å². The summed E-state index contributed by atoms with van der Waals surface area (Å²) in [4.78, 5) is 20.3. The van der Waals surface area contributed by atoms with Gasteiger partial charge in [-0.2, -0.15) is 0 Å². The van der Waals surface area contributed by atoms with Crippen molar-refractivity contribution in [1.29, 1.82) is 0 Å². The van der Waals surface area contributed by atoms with Gasteiger partial charge in [-0.05, 0) is 64.1 Å². The summed E-state index contributed by atoms with van der Waals surface area (Å²) in [6.45, 7) is 8.82. The van der Waals surface area contributed by atoms with Crippen LogP contribution >= 0.6 is 11.8 Å². The molecule has 0 spiro atoms. The molecular weight excluding hydrogens is 382 g/mol. The number of rotatable bonds is 7. The number of hydrogen-bond acceptors (Lipinski definition) is 5. The zero-order chi connectivity index (χ0) is 21.0. The summed E-state index contributed by atoms with van der Waals surface area (Å²) in [6, 6.07) is 7.89. The zero-order valence-electron chi connectivity index (χ0n) is 17.9. The molecule has 2 heterocycles. The Hall–Kier alpha value is -2.38. The summed E-state index contributed by atoms with van der Waals surface area (Å²) >= 11 is 1.63. The average Bonchev–Trinajstić information content (AvgIpc) is 3.06. The Bertz CT molecular complexity index is 916. The van der Waals surface area contributed by atoms with Crippen LogP contribution in [0.25, 0.3) is 6.08 Å². The summed E-state index contributed by atoms with van der Waals surface area (Å²) in [5, 5.41) is 7.44. The Morgan fingerprint density at radius 2 is 2.10 bits per heavy atom. The fraction of sp³-hybridized carbons (Fsp3) is 0.409. The van der Waals surface area contributed by atoms with Crippen LogP contribution in [0.3, 0.4) is 0 Å². The van der Waals surface area contributed by atoms with E-state index in [1.54, 1.807) is 11.8 Å². The van der Waals surface area contributed by atoms with Crippen molar-refractivity contribution >= 4 is 29.4 Å². The van der Waals surface area contributed by atoms with Crippen molar-refractivity contribution < 1.29 is 9.36 Å². The molecule has 1 aromatic heterocycles. The maximum absolute atomic E-state index is 12.4. The van der Waals surface area contributed by atoms with E-state index >= 15 is 0 Å². The molecule has 1 aromatic carbocycles. The number of aryl methyl sites for hydroxylation is 2. The zero-order valence-corrected chi connectivity index (χ0v) is 18.7. The number of hydrogen-bond donors (Lipinski definition) is 2. The molecule has 0 saturated heterocycles. The van der Waals surface area contributed by atoms with E-state index in [2.05, 4.69) is 46.1 Å². The van der Waals surface area contributed by atoms with Crippen molar-refractivity contribution in [2.75, 3.05) is 32.5 Å². The normalized spacial score (nSPS) is 14.2. The molecule has 0 bridgehead atoms. The fourth-order valence-electron chi connectivity index (χ4n) is 3.41. The maximum atomic E-state index is 12.4. The van der Waals surface area contributed by atoms with Gasteiger partial charge in [-0.25, -0.2) is 4.57 Å². The van der Waals surface area contributed by atoms with Crippen LogP contribution in [-0.2, 0) is 6.54 Å². The minimum Gasteiger partial charge on any atom is -0.352 e. The molecular formula is C22H30N5OS+. The van der Waals surface area contributed by atoms with E-state index in [-0.39, 0.29) is 5.91 Å². The molecule has 0 unspecified atom stereocenters. The third-order valence-electron chi connectivity index (χ3n) is 4.85. The van der Waals surface area contributed by atoms with Crippen molar-refractivity contribution in [3.8, 4) is 0 Å². The van der Waals surface area contributed by atoms with E-state index in [9.17, 15) is 4.79 Å². The first-order valence-electron chi connectivity index (χ1n) is 9.99. The van der Waals surface area contributed by atoms with Crippen LogP contribution in [0.1, 0.15) is 40.9 Å². The quantitative estimate of drug-likeness (QED) is 0.540. The monoisotopic (exact) mass is 412 g/mol. The Labute approximate surface area is 177 Å². The van der Waals surface area contributed by atoms with Gasteiger partial charge in [0.1, 0.15) is 5.69 Å². The number of carbonyl (C=O) groups is 1. The number of thioether (sulfide) groups is 1. The number of benzene rings is 1. The van der Waals surface area contributed by atoms with E-state index in [4.69, 9.17) is 4.98 Å². The molecule has 6 nitrogen and oxygen atoms in total. The Kier molecular flexibility index (Phi) is 6.92. The van der Waals surface area contributed by atoms with Crippen LogP contribution in [0.5, 0.6) is 0 Å². The standard InChI is InChI=1S/C22H29N5OS/c1-6-27-15(2)12-18(24-16(27)3)14-21-25-19-9-8-17(13-20(19)29-21)22(28)23-10-7-11-26(4)5/h8-9,12-14H,6-7,10-11H2,1-5H3,(H,23,28)/p+1. The smallest absolute Gasteiger partial charge is 0.296 e. The van der Waals surface area contributed by atoms with Gasteiger partial charge in [-0.1, -0.05) is 11.8 Å². The third kappa shape index (κ3) is 5.36. The van der Waals surface area contributed by atoms with E-state index < -0.39 is 0 Å². The summed E-state index contributed by atoms with van der Waals surface area (Å²) in [7, 11) is 4.07. The second kappa shape index (κ2) is 9.41. The van der Waals surface area contributed by atoms with Gasteiger partial charge in [0, 0.05) is 36.1 Å². The Balaban J connectivity index is 1.68.